The first-order valence-electron chi connectivity index (χ1n) is 3.14. The van der Waals surface area contributed by atoms with E-state index in [1.165, 1.54) is 7.11 Å². The minimum Gasteiger partial charge on any atom is -0.465 e. The summed E-state index contributed by atoms with van der Waals surface area (Å²) in [6.07, 6.45) is 0.877. The van der Waals surface area contributed by atoms with Crippen LogP contribution < -0.4 is 5.73 Å². The Bertz CT molecular complexity index is 314. The van der Waals surface area contributed by atoms with Crippen molar-refractivity contribution in [1.82, 2.24) is 4.98 Å². The minimum atomic E-state index is -0.762. The monoisotopic (exact) mass is 170 g/mol. The molecule has 0 saturated carbocycles. The smallest absolute Gasteiger partial charge is 0.341 e. The number of rotatable bonds is 1. The lowest BCUT2D eigenvalue weighted by atomic mass is 10.2. The fourth-order valence-electron chi connectivity index (χ4n) is 0.721. The highest BCUT2D eigenvalue weighted by Crippen LogP contribution is 2.09. The fraction of sp³-hybridized carbons (Fsp3) is 0.143. The zero-order valence-corrected chi connectivity index (χ0v) is 6.37. The molecule has 0 bridgehead atoms. The summed E-state index contributed by atoms with van der Waals surface area (Å²) in [6, 6.07) is 1.13. The van der Waals surface area contributed by atoms with Crippen LogP contribution in [0.5, 0.6) is 0 Å². The molecule has 1 rings (SSSR count). The van der Waals surface area contributed by atoms with Crippen LogP contribution in [0.25, 0.3) is 0 Å². The molecule has 0 aliphatic carbocycles. The maximum absolute atomic E-state index is 12.8. The number of methoxy groups -OCH3 is 1. The van der Waals surface area contributed by atoms with Crippen molar-refractivity contribution >= 4 is 11.8 Å². The Kier molecular flexibility index (Phi) is 2.23. The van der Waals surface area contributed by atoms with Gasteiger partial charge in [0.05, 0.1) is 13.3 Å². The summed E-state index contributed by atoms with van der Waals surface area (Å²) >= 11 is 0. The summed E-state index contributed by atoms with van der Waals surface area (Å²) in [5.41, 5.74) is 5.03. The molecule has 0 radical (unpaired) electrons. The largest absolute Gasteiger partial charge is 0.465 e. The van der Waals surface area contributed by atoms with Crippen molar-refractivity contribution in [3.8, 4) is 0 Å². The highest BCUT2D eigenvalue weighted by Gasteiger charge is 2.12. The summed E-state index contributed by atoms with van der Waals surface area (Å²) in [5.74, 6) is -1.42. The van der Waals surface area contributed by atoms with Gasteiger partial charge in [0.25, 0.3) is 0 Å². The first-order valence-corrected chi connectivity index (χ1v) is 3.14. The van der Waals surface area contributed by atoms with Gasteiger partial charge < -0.3 is 10.5 Å². The topological polar surface area (TPSA) is 65.2 Å². The third kappa shape index (κ3) is 1.50. The number of esters is 1. The first kappa shape index (κ1) is 8.45. The molecule has 0 aliphatic rings. The van der Waals surface area contributed by atoms with Gasteiger partial charge in [0.1, 0.15) is 11.4 Å². The predicted molar refractivity (Wildman–Crippen MR) is 39.9 cm³/mol. The van der Waals surface area contributed by atoms with E-state index in [4.69, 9.17) is 5.73 Å². The number of nitrogens with zero attached hydrogens (tertiary/aromatic N) is 1. The van der Waals surface area contributed by atoms with Crippen LogP contribution >= 0.6 is 0 Å². The molecule has 0 aliphatic heterocycles. The van der Waals surface area contributed by atoms with Gasteiger partial charge in [-0.15, -0.1) is 0 Å². The van der Waals surface area contributed by atoms with Crippen LogP contribution in [0, 0.1) is 5.82 Å². The first-order chi connectivity index (χ1) is 5.65. The maximum atomic E-state index is 12.8. The number of nitrogens with two attached hydrogens (primary N) is 1. The maximum Gasteiger partial charge on any atom is 0.341 e. The molecular formula is C7H7FN2O2. The van der Waals surface area contributed by atoms with E-state index >= 15 is 0 Å². The van der Waals surface area contributed by atoms with Crippen LogP contribution in [0.4, 0.5) is 10.2 Å². The van der Waals surface area contributed by atoms with E-state index in [1.54, 1.807) is 0 Å². The van der Waals surface area contributed by atoms with Crippen LogP contribution in [0.15, 0.2) is 12.3 Å². The molecule has 4 nitrogen and oxygen atoms in total. The Balaban J connectivity index is 3.13. The fourth-order valence-corrected chi connectivity index (χ4v) is 0.721. The zero-order valence-electron chi connectivity index (χ0n) is 6.37. The van der Waals surface area contributed by atoms with Gasteiger partial charge in [-0.25, -0.2) is 14.2 Å². The molecule has 1 heterocycles. The molecular weight excluding hydrogens is 163 g/mol. The lowest BCUT2D eigenvalue weighted by molar-refractivity contribution is 0.0595. The van der Waals surface area contributed by atoms with E-state index in [0.717, 1.165) is 12.3 Å². The highest BCUT2D eigenvalue weighted by atomic mass is 19.1. The van der Waals surface area contributed by atoms with Gasteiger partial charge in [-0.2, -0.15) is 0 Å². The minimum absolute atomic E-state index is 0.0804. The molecule has 12 heavy (non-hydrogen) atoms. The molecule has 5 heteroatoms. The SMILES string of the molecule is COC(=O)c1cc(N)ncc1F. The average Bonchev–Trinajstić information content (AvgIpc) is 2.08. The molecule has 1 aromatic rings. The van der Waals surface area contributed by atoms with E-state index in [1.807, 2.05) is 0 Å². The third-order valence-electron chi connectivity index (χ3n) is 1.28. The number of nitrogen functional groups attached to an aromatic ring is 1. The Morgan fingerprint density at radius 2 is 2.42 bits per heavy atom. The standard InChI is InChI=1S/C7H7FN2O2/c1-12-7(11)4-2-6(9)10-3-5(4)8/h2-3H,1H3,(H2,9,10). The van der Waals surface area contributed by atoms with Crippen LogP contribution in [0.1, 0.15) is 10.4 Å². The number of anilines is 1. The molecule has 0 saturated heterocycles. The van der Waals surface area contributed by atoms with Crippen molar-refractivity contribution in [3.63, 3.8) is 0 Å². The Morgan fingerprint density at radius 3 is 3.00 bits per heavy atom. The van der Waals surface area contributed by atoms with Crippen LogP contribution in [0.2, 0.25) is 0 Å². The molecule has 0 amide bonds. The molecule has 1 aromatic heterocycles. The molecule has 64 valence electrons. The quantitative estimate of drug-likeness (QED) is 0.626. The van der Waals surface area contributed by atoms with Gasteiger partial charge in [0, 0.05) is 0 Å². The summed E-state index contributed by atoms with van der Waals surface area (Å²) in [5, 5.41) is 0. The number of carbonyl (C=O) groups excluding carboxylic acids is 1. The number of halogens is 1. The van der Waals surface area contributed by atoms with Crippen LogP contribution in [0.3, 0.4) is 0 Å². The molecule has 0 fully saturated rings. The predicted octanol–water partition coefficient (Wildman–Crippen LogP) is 0.590. The van der Waals surface area contributed by atoms with Gasteiger partial charge in [0.15, 0.2) is 5.82 Å². The number of hydrogen-bond acceptors (Lipinski definition) is 4. The number of carbonyl (C=O) groups is 1. The normalized spacial score (nSPS) is 9.50. The highest BCUT2D eigenvalue weighted by molar-refractivity contribution is 5.90. The molecule has 0 atom stereocenters. The number of ether oxygens (including phenoxy) is 1. The van der Waals surface area contributed by atoms with Crippen LogP contribution in [-0.4, -0.2) is 18.1 Å². The summed E-state index contributed by atoms with van der Waals surface area (Å²) in [7, 11) is 1.17. The van der Waals surface area contributed by atoms with Gasteiger partial charge in [0.2, 0.25) is 0 Å². The van der Waals surface area contributed by atoms with Crippen LogP contribution in [-0.2, 0) is 4.74 Å². The van der Waals surface area contributed by atoms with Gasteiger partial charge in [-0.05, 0) is 6.07 Å². The van der Waals surface area contributed by atoms with E-state index < -0.39 is 11.8 Å². The molecule has 0 spiro atoms. The van der Waals surface area contributed by atoms with Gasteiger partial charge >= 0.3 is 5.97 Å². The second kappa shape index (κ2) is 3.17. The van der Waals surface area contributed by atoms with Gasteiger partial charge in [-0.1, -0.05) is 0 Å². The Morgan fingerprint density at radius 1 is 1.75 bits per heavy atom. The van der Waals surface area contributed by atoms with E-state index in [9.17, 15) is 9.18 Å². The third-order valence-corrected chi connectivity index (χ3v) is 1.28. The van der Waals surface area contributed by atoms with Crippen molar-refractivity contribution in [3.05, 3.63) is 23.6 Å². The molecule has 0 aromatic carbocycles. The Hall–Kier alpha value is -1.65. The second-order valence-corrected chi connectivity index (χ2v) is 2.08. The Labute approximate surface area is 68.2 Å². The van der Waals surface area contributed by atoms with E-state index in [0.29, 0.717) is 0 Å². The van der Waals surface area contributed by atoms with Crippen molar-refractivity contribution in [2.75, 3.05) is 12.8 Å². The number of hydrogen-bond donors (Lipinski definition) is 1. The van der Waals surface area contributed by atoms with Crippen molar-refractivity contribution in [1.29, 1.82) is 0 Å². The van der Waals surface area contributed by atoms with Crippen molar-refractivity contribution in [2.24, 2.45) is 0 Å². The molecule has 2 N–H and O–H groups in total. The van der Waals surface area contributed by atoms with Crippen molar-refractivity contribution in [2.45, 2.75) is 0 Å². The summed E-state index contributed by atoms with van der Waals surface area (Å²) in [6.45, 7) is 0. The van der Waals surface area contributed by atoms with E-state index in [-0.39, 0.29) is 11.4 Å². The molecule has 0 unspecified atom stereocenters. The van der Waals surface area contributed by atoms with Crippen molar-refractivity contribution < 1.29 is 13.9 Å². The lowest BCUT2D eigenvalue weighted by Crippen LogP contribution is -2.06. The summed E-state index contributed by atoms with van der Waals surface area (Å²) in [4.78, 5) is 14.3. The number of aromatic nitrogens is 1. The second-order valence-electron chi connectivity index (χ2n) is 2.08. The zero-order chi connectivity index (χ0) is 9.14. The summed E-state index contributed by atoms with van der Waals surface area (Å²) < 4.78 is 17.1. The van der Waals surface area contributed by atoms with Gasteiger partial charge in [-0.3, -0.25) is 0 Å². The average molecular weight is 170 g/mol. The lowest BCUT2D eigenvalue weighted by Gasteiger charge is -2.00. The van der Waals surface area contributed by atoms with E-state index in [2.05, 4.69) is 9.72 Å². The number of pyridine rings is 1.